The van der Waals surface area contributed by atoms with Gasteiger partial charge in [-0.15, -0.1) is 5.54 Å². The van der Waals surface area contributed by atoms with Crippen LogP contribution in [-0.2, 0) is 0 Å². The van der Waals surface area contributed by atoms with E-state index >= 15 is 0 Å². The zero-order valence-corrected chi connectivity index (χ0v) is 14.1. The van der Waals surface area contributed by atoms with Crippen LogP contribution in [0.5, 0.6) is 0 Å². The van der Waals surface area contributed by atoms with Gasteiger partial charge in [-0.05, 0) is 37.2 Å². The van der Waals surface area contributed by atoms with Crippen molar-refractivity contribution < 1.29 is 0 Å². The Morgan fingerprint density at radius 2 is 1.53 bits per heavy atom. The fourth-order valence-electron chi connectivity index (χ4n) is 2.25. The number of nitrogens with zero attached hydrogens (tertiary/aromatic N) is 1. The predicted molar refractivity (Wildman–Crippen MR) is 89.4 cm³/mol. The SMILES string of the molecule is CC[Si](C#CCN(C)c1ccc(C)cc1)(CC)CC. The third kappa shape index (κ3) is 4.43. The van der Waals surface area contributed by atoms with Gasteiger partial charge in [0.25, 0.3) is 0 Å². The molecule has 19 heavy (non-hydrogen) atoms. The largest absolute Gasteiger partial charge is 0.363 e. The summed E-state index contributed by atoms with van der Waals surface area (Å²) in [6.07, 6.45) is 0. The maximum atomic E-state index is 3.64. The molecule has 0 saturated heterocycles. The molecule has 2 heteroatoms. The molecular formula is C17H27NSi. The Morgan fingerprint density at radius 3 is 2.00 bits per heavy atom. The summed E-state index contributed by atoms with van der Waals surface area (Å²) in [5, 5.41) is 0. The minimum atomic E-state index is -1.28. The van der Waals surface area contributed by atoms with E-state index in [1.807, 2.05) is 0 Å². The molecule has 0 aliphatic carbocycles. The summed E-state index contributed by atoms with van der Waals surface area (Å²) >= 11 is 0. The first-order chi connectivity index (χ1) is 9.06. The molecule has 0 aliphatic rings. The highest BCUT2D eigenvalue weighted by Gasteiger charge is 2.23. The van der Waals surface area contributed by atoms with E-state index in [0.29, 0.717) is 0 Å². The lowest BCUT2D eigenvalue weighted by Crippen LogP contribution is -2.30. The van der Waals surface area contributed by atoms with E-state index in [-0.39, 0.29) is 0 Å². The van der Waals surface area contributed by atoms with Crippen LogP contribution in [-0.4, -0.2) is 21.7 Å². The molecular weight excluding hydrogens is 246 g/mol. The van der Waals surface area contributed by atoms with E-state index in [9.17, 15) is 0 Å². The molecule has 0 aliphatic heterocycles. The molecule has 0 radical (unpaired) electrons. The molecule has 0 heterocycles. The third-order valence-electron chi connectivity index (χ3n) is 4.17. The van der Waals surface area contributed by atoms with Crippen LogP contribution in [0.25, 0.3) is 0 Å². The Balaban J connectivity index is 2.69. The summed E-state index contributed by atoms with van der Waals surface area (Å²) in [6, 6.07) is 12.5. The number of hydrogen-bond acceptors (Lipinski definition) is 1. The van der Waals surface area contributed by atoms with Crippen LogP contribution >= 0.6 is 0 Å². The van der Waals surface area contributed by atoms with Crippen molar-refractivity contribution in [3.05, 3.63) is 29.8 Å². The van der Waals surface area contributed by atoms with Crippen molar-refractivity contribution in [1.29, 1.82) is 0 Å². The minimum Gasteiger partial charge on any atom is -0.363 e. The smallest absolute Gasteiger partial charge is 0.137 e. The van der Waals surface area contributed by atoms with Crippen molar-refractivity contribution in [3.63, 3.8) is 0 Å². The Hall–Kier alpha value is -1.20. The molecule has 0 amide bonds. The third-order valence-corrected chi connectivity index (χ3v) is 8.94. The lowest BCUT2D eigenvalue weighted by atomic mass is 10.2. The molecule has 0 fully saturated rings. The molecule has 1 aromatic carbocycles. The molecule has 0 atom stereocenters. The van der Waals surface area contributed by atoms with Gasteiger partial charge in [0.2, 0.25) is 0 Å². The van der Waals surface area contributed by atoms with E-state index in [0.717, 1.165) is 6.54 Å². The van der Waals surface area contributed by atoms with Crippen molar-refractivity contribution in [3.8, 4) is 11.5 Å². The first kappa shape index (κ1) is 15.9. The molecule has 1 nitrogen and oxygen atoms in total. The molecule has 1 rings (SSSR count). The average molecular weight is 273 g/mol. The normalized spacial score (nSPS) is 10.8. The maximum Gasteiger partial charge on any atom is 0.137 e. The fraction of sp³-hybridized carbons (Fsp3) is 0.529. The van der Waals surface area contributed by atoms with Crippen molar-refractivity contribution in [1.82, 2.24) is 0 Å². The quantitative estimate of drug-likeness (QED) is 0.564. The van der Waals surface area contributed by atoms with Gasteiger partial charge in [0.15, 0.2) is 0 Å². The monoisotopic (exact) mass is 273 g/mol. The van der Waals surface area contributed by atoms with Gasteiger partial charge in [-0.2, -0.15) is 0 Å². The first-order valence-electron chi connectivity index (χ1n) is 7.34. The summed E-state index contributed by atoms with van der Waals surface area (Å²) in [4.78, 5) is 2.23. The van der Waals surface area contributed by atoms with Gasteiger partial charge in [-0.3, -0.25) is 0 Å². The highest BCUT2D eigenvalue weighted by molar-refractivity contribution is 6.87. The fourth-order valence-corrected chi connectivity index (χ4v) is 4.74. The van der Waals surface area contributed by atoms with Crippen LogP contribution in [0.3, 0.4) is 0 Å². The summed E-state index contributed by atoms with van der Waals surface area (Å²) < 4.78 is 0. The number of aryl methyl sites for hydroxylation is 1. The van der Waals surface area contributed by atoms with Gasteiger partial charge in [0, 0.05) is 12.7 Å². The molecule has 0 saturated carbocycles. The van der Waals surface area contributed by atoms with Crippen molar-refractivity contribution in [2.75, 3.05) is 18.5 Å². The van der Waals surface area contributed by atoms with Gasteiger partial charge in [0.1, 0.15) is 8.07 Å². The molecule has 0 aromatic heterocycles. The number of benzene rings is 1. The van der Waals surface area contributed by atoms with E-state index in [2.05, 4.69) is 75.4 Å². The zero-order valence-electron chi connectivity index (χ0n) is 13.1. The van der Waals surface area contributed by atoms with E-state index in [4.69, 9.17) is 0 Å². The van der Waals surface area contributed by atoms with Crippen molar-refractivity contribution in [2.45, 2.75) is 45.8 Å². The summed E-state index contributed by atoms with van der Waals surface area (Å²) in [5.74, 6) is 3.43. The Labute approximate surface area is 120 Å². The van der Waals surface area contributed by atoms with Crippen LogP contribution in [0, 0.1) is 18.4 Å². The Bertz CT molecular complexity index is 426. The second-order valence-corrected chi connectivity index (χ2v) is 10.3. The average Bonchev–Trinajstić information content (AvgIpc) is 2.45. The number of hydrogen-bond donors (Lipinski definition) is 0. The van der Waals surface area contributed by atoms with Gasteiger partial charge < -0.3 is 4.90 Å². The molecule has 0 spiro atoms. The van der Waals surface area contributed by atoms with Crippen molar-refractivity contribution in [2.24, 2.45) is 0 Å². The van der Waals surface area contributed by atoms with Crippen LogP contribution in [0.1, 0.15) is 26.3 Å². The number of rotatable bonds is 5. The van der Waals surface area contributed by atoms with Gasteiger partial charge >= 0.3 is 0 Å². The van der Waals surface area contributed by atoms with Crippen LogP contribution in [0.4, 0.5) is 5.69 Å². The summed E-state index contributed by atoms with van der Waals surface area (Å²) in [5.41, 5.74) is 6.19. The van der Waals surface area contributed by atoms with Crippen LogP contribution in [0.15, 0.2) is 24.3 Å². The first-order valence-corrected chi connectivity index (χ1v) is 9.97. The Morgan fingerprint density at radius 1 is 1.00 bits per heavy atom. The molecule has 0 bridgehead atoms. The molecule has 104 valence electrons. The predicted octanol–water partition coefficient (Wildman–Crippen LogP) is 4.48. The summed E-state index contributed by atoms with van der Waals surface area (Å²) in [6.45, 7) is 9.86. The molecule has 0 unspecified atom stereocenters. The van der Waals surface area contributed by atoms with Crippen LogP contribution in [0.2, 0.25) is 18.1 Å². The van der Waals surface area contributed by atoms with Gasteiger partial charge in [0.05, 0.1) is 6.54 Å². The lowest BCUT2D eigenvalue weighted by molar-refractivity contribution is 1.05. The second-order valence-electron chi connectivity index (χ2n) is 5.33. The highest BCUT2D eigenvalue weighted by Crippen LogP contribution is 2.18. The lowest BCUT2D eigenvalue weighted by Gasteiger charge is -2.21. The standard InChI is InChI=1S/C17H27NSi/c1-6-19(7-2,8-3)15-9-14-18(5)17-12-10-16(4)11-13-17/h10-13H,6-8,14H2,1-5H3. The van der Waals surface area contributed by atoms with E-state index < -0.39 is 8.07 Å². The molecule has 0 N–H and O–H groups in total. The molecule has 1 aromatic rings. The van der Waals surface area contributed by atoms with Crippen LogP contribution < -0.4 is 4.90 Å². The summed E-state index contributed by atoms with van der Waals surface area (Å²) in [7, 11) is 0.836. The topological polar surface area (TPSA) is 3.24 Å². The number of anilines is 1. The minimum absolute atomic E-state index is 0.831. The second kappa shape index (κ2) is 7.40. The highest BCUT2D eigenvalue weighted by atomic mass is 28.3. The maximum absolute atomic E-state index is 3.64. The van der Waals surface area contributed by atoms with E-state index in [1.165, 1.54) is 29.4 Å². The van der Waals surface area contributed by atoms with Gasteiger partial charge in [-0.25, -0.2) is 0 Å². The van der Waals surface area contributed by atoms with E-state index in [1.54, 1.807) is 0 Å². The van der Waals surface area contributed by atoms with Gasteiger partial charge in [-0.1, -0.05) is 44.4 Å². The zero-order chi connectivity index (χ0) is 14.3. The Kier molecular flexibility index (Phi) is 6.18. The van der Waals surface area contributed by atoms with Crippen molar-refractivity contribution >= 4 is 13.8 Å².